The first kappa shape index (κ1) is 10.5. The molecule has 0 unspecified atom stereocenters. The normalized spacial score (nSPS) is 10.7. The highest BCUT2D eigenvalue weighted by Crippen LogP contribution is 2.44. The lowest BCUT2D eigenvalue weighted by Crippen LogP contribution is -1.96. The van der Waals surface area contributed by atoms with Crippen molar-refractivity contribution >= 4 is 13.6 Å². The average Bonchev–Trinajstić information content (AvgIpc) is 1.88. The lowest BCUT2D eigenvalue weighted by Gasteiger charge is -2.06. The van der Waals surface area contributed by atoms with Gasteiger partial charge in [0.05, 0.1) is 13.2 Å². The van der Waals surface area contributed by atoms with E-state index in [-0.39, 0.29) is 13.2 Å². The lowest BCUT2D eigenvalue weighted by atomic mass is 10.9. The van der Waals surface area contributed by atoms with E-state index in [4.69, 9.17) is 14.6 Å². The summed E-state index contributed by atoms with van der Waals surface area (Å²) in [6.07, 6.45) is 0. The maximum absolute atomic E-state index is 11.3. The quantitative estimate of drug-likeness (QED) is 0.277. The molecule has 0 spiro atoms. The van der Waals surface area contributed by atoms with Crippen LogP contribution < -0.4 is 0 Å². The van der Waals surface area contributed by atoms with Crippen molar-refractivity contribution in [3.8, 4) is 0 Å². The maximum Gasteiger partial charge on any atom is 0.434 e. The molecule has 0 aromatic carbocycles. The second-order valence-corrected chi connectivity index (χ2v) is 3.43. The van der Waals surface area contributed by atoms with Crippen LogP contribution in [0, 0.1) is 0 Å². The number of rotatable bonds is 5. The minimum absolute atomic E-state index is 0.253. The molecule has 0 heterocycles. The molecule has 0 aromatic heterocycles. The van der Waals surface area contributed by atoms with Gasteiger partial charge >= 0.3 is 13.6 Å². The van der Waals surface area contributed by atoms with Gasteiger partial charge < -0.3 is 14.6 Å². The van der Waals surface area contributed by atoms with E-state index < -0.39 is 7.60 Å². The highest BCUT2D eigenvalue weighted by atomic mass is 31.2. The van der Waals surface area contributed by atoms with E-state index >= 15 is 0 Å². The zero-order chi connectivity index (χ0) is 8.74. The van der Waals surface area contributed by atoms with E-state index in [0.29, 0.717) is 0 Å². The van der Waals surface area contributed by atoms with Gasteiger partial charge in [-0.15, -0.1) is 0 Å². The molecule has 0 N–H and O–H groups in total. The van der Waals surface area contributed by atoms with E-state index in [1.165, 1.54) is 0 Å². The third kappa shape index (κ3) is 4.06. The Bertz CT molecular complexity index is 190. The van der Waals surface area contributed by atoms with Crippen molar-refractivity contribution in [3.63, 3.8) is 0 Å². The van der Waals surface area contributed by atoms with Crippen LogP contribution in [0.5, 0.6) is 0 Å². The van der Waals surface area contributed by atoms with Gasteiger partial charge in [-0.3, -0.25) is 0 Å². The van der Waals surface area contributed by atoms with Crippen LogP contribution in [-0.4, -0.2) is 24.0 Å². The third-order valence-electron chi connectivity index (χ3n) is 0.811. The second kappa shape index (κ2) is 5.22. The van der Waals surface area contributed by atoms with E-state index in [1.807, 2.05) is 0 Å². The second-order valence-electron chi connectivity index (χ2n) is 1.61. The molecule has 0 aliphatic carbocycles. The Morgan fingerprint density at radius 2 is 1.91 bits per heavy atom. The minimum atomic E-state index is -3.26. The van der Waals surface area contributed by atoms with Crippen LogP contribution in [0.25, 0.3) is 5.53 Å². The van der Waals surface area contributed by atoms with Crippen molar-refractivity contribution in [3.05, 3.63) is 5.53 Å². The summed E-state index contributed by atoms with van der Waals surface area (Å²) in [7, 11) is -3.26. The Balaban J connectivity index is 4.25. The van der Waals surface area contributed by atoms with Crippen molar-refractivity contribution in [1.29, 1.82) is 0 Å². The predicted octanol–water partition coefficient (Wildman–Crippen LogP) is 1.51. The summed E-state index contributed by atoms with van der Waals surface area (Å²) < 4.78 is 20.7. The molecule has 11 heavy (non-hydrogen) atoms. The first-order valence-corrected chi connectivity index (χ1v) is 4.87. The largest absolute Gasteiger partial charge is 0.434 e. The first-order valence-electron chi connectivity index (χ1n) is 3.26. The monoisotopic (exact) mass is 178 g/mol. The molecule has 0 saturated heterocycles. The molecule has 0 aliphatic heterocycles. The maximum atomic E-state index is 11.3. The molecule has 0 bridgehead atoms. The summed E-state index contributed by atoms with van der Waals surface area (Å²) in [6.45, 7) is 3.86. The average molecular weight is 178 g/mol. The molecule has 6 heteroatoms. The summed E-state index contributed by atoms with van der Waals surface area (Å²) in [5, 5.41) is 0. The van der Waals surface area contributed by atoms with Crippen molar-refractivity contribution in [1.82, 2.24) is 0 Å². The summed E-state index contributed by atoms with van der Waals surface area (Å²) in [6, 6.07) is 0. The van der Waals surface area contributed by atoms with Crippen LogP contribution in [0.15, 0.2) is 0 Å². The van der Waals surface area contributed by atoms with Crippen molar-refractivity contribution in [2.24, 2.45) is 0 Å². The fourth-order valence-corrected chi connectivity index (χ4v) is 1.58. The zero-order valence-electron chi connectivity index (χ0n) is 6.56. The van der Waals surface area contributed by atoms with Gasteiger partial charge in [-0.05, 0) is 13.8 Å². The molecule has 0 aromatic rings. The molecule has 0 aliphatic rings. The van der Waals surface area contributed by atoms with Gasteiger partial charge in [-0.25, -0.2) is 4.57 Å². The van der Waals surface area contributed by atoms with Gasteiger partial charge in [0.1, 0.15) is 0 Å². The van der Waals surface area contributed by atoms with Gasteiger partial charge in [-0.2, -0.15) is 4.79 Å². The predicted molar refractivity (Wildman–Crippen MR) is 40.5 cm³/mol. The van der Waals surface area contributed by atoms with E-state index in [0.717, 1.165) is 5.96 Å². The molecular formula is C5H11N2O3P. The smallest absolute Gasteiger partial charge is 0.361 e. The van der Waals surface area contributed by atoms with Crippen LogP contribution >= 0.6 is 7.60 Å². The zero-order valence-corrected chi connectivity index (χ0v) is 7.45. The van der Waals surface area contributed by atoms with Gasteiger partial charge in [0.25, 0.3) is 0 Å². The number of hydrogen-bond donors (Lipinski definition) is 0. The molecular weight excluding hydrogens is 167 g/mol. The van der Waals surface area contributed by atoms with Crippen molar-refractivity contribution < 1.29 is 18.4 Å². The van der Waals surface area contributed by atoms with Crippen molar-refractivity contribution in [2.45, 2.75) is 13.8 Å². The van der Waals surface area contributed by atoms with Gasteiger partial charge in [0.15, 0.2) is 0 Å². The molecule has 0 fully saturated rings. The third-order valence-corrected chi connectivity index (χ3v) is 2.43. The summed E-state index contributed by atoms with van der Waals surface area (Å²) in [5.74, 6) is 0.778. The fourth-order valence-electron chi connectivity index (χ4n) is 0.527. The topological polar surface area (TPSA) is 71.9 Å². The standard InChI is InChI=1S/C5H11N2O3P/c1-3-9-11(8,5-7-6)10-4-2/h5H,3-4H2,1-2H3. The SMILES string of the molecule is CCOP(=O)(C=[N+]=[N-])OCC. The van der Waals surface area contributed by atoms with Crippen LogP contribution in [0.3, 0.4) is 0 Å². The van der Waals surface area contributed by atoms with Crippen LogP contribution in [0.1, 0.15) is 13.8 Å². The molecule has 64 valence electrons. The number of nitrogens with zero attached hydrogens (tertiary/aromatic N) is 2. The summed E-state index contributed by atoms with van der Waals surface area (Å²) in [4.78, 5) is 2.61. The van der Waals surface area contributed by atoms with Gasteiger partial charge in [0, 0.05) is 0 Å². The van der Waals surface area contributed by atoms with Crippen LogP contribution in [0.2, 0.25) is 0 Å². The number of hydrogen-bond acceptors (Lipinski definition) is 3. The van der Waals surface area contributed by atoms with Crippen LogP contribution in [0.4, 0.5) is 0 Å². The van der Waals surface area contributed by atoms with Gasteiger partial charge in [0.2, 0.25) is 0 Å². The van der Waals surface area contributed by atoms with E-state index in [2.05, 4.69) is 4.79 Å². The Hall–Kier alpha value is -0.470. The lowest BCUT2D eigenvalue weighted by molar-refractivity contribution is 0.00453. The highest BCUT2D eigenvalue weighted by molar-refractivity contribution is 7.69. The Morgan fingerprint density at radius 1 is 1.45 bits per heavy atom. The molecule has 0 radical (unpaired) electrons. The molecule has 0 saturated carbocycles. The fraction of sp³-hybridized carbons (Fsp3) is 0.800. The Morgan fingerprint density at radius 3 is 2.18 bits per heavy atom. The Labute approximate surface area is 65.5 Å². The van der Waals surface area contributed by atoms with Crippen molar-refractivity contribution in [2.75, 3.05) is 13.2 Å². The minimum Gasteiger partial charge on any atom is -0.361 e. The summed E-state index contributed by atoms with van der Waals surface area (Å²) in [5.41, 5.74) is 8.09. The Kier molecular flexibility index (Phi) is 4.99. The molecule has 0 rings (SSSR count). The molecule has 0 amide bonds. The summed E-state index contributed by atoms with van der Waals surface area (Å²) >= 11 is 0. The highest BCUT2D eigenvalue weighted by Gasteiger charge is 2.25. The van der Waals surface area contributed by atoms with Gasteiger partial charge in [-0.1, -0.05) is 0 Å². The van der Waals surface area contributed by atoms with E-state index in [1.54, 1.807) is 13.8 Å². The first-order chi connectivity index (χ1) is 5.18. The van der Waals surface area contributed by atoms with Crippen LogP contribution in [-0.2, 0) is 13.6 Å². The molecule has 0 atom stereocenters. The van der Waals surface area contributed by atoms with E-state index in [9.17, 15) is 4.57 Å². The molecule has 5 nitrogen and oxygen atoms in total.